The van der Waals surface area contributed by atoms with Crippen LogP contribution in [0.4, 0.5) is 11.4 Å². The molecule has 1 amide bonds. The topological polar surface area (TPSA) is 41.6 Å². The highest BCUT2D eigenvalue weighted by molar-refractivity contribution is 5.98. The lowest BCUT2D eigenvalue weighted by Crippen LogP contribution is -2.41. The number of benzene rings is 2. The number of hydrogen-bond donors (Lipinski definition) is 1. The zero-order valence-electron chi connectivity index (χ0n) is 13.8. The number of nitrogens with one attached hydrogen (secondary N) is 1. The number of fused-ring (bicyclic) bond motifs is 1. The number of ether oxygens (including phenoxy) is 1. The van der Waals surface area contributed by atoms with E-state index in [-0.39, 0.29) is 11.9 Å². The van der Waals surface area contributed by atoms with Crippen LogP contribution >= 0.6 is 0 Å². The number of methoxy groups -OCH3 is 1. The van der Waals surface area contributed by atoms with Crippen molar-refractivity contribution in [3.8, 4) is 5.75 Å². The zero-order valence-corrected chi connectivity index (χ0v) is 13.8. The van der Waals surface area contributed by atoms with E-state index >= 15 is 0 Å². The molecule has 0 fully saturated rings. The van der Waals surface area contributed by atoms with Crippen LogP contribution in [0.3, 0.4) is 0 Å². The summed E-state index contributed by atoms with van der Waals surface area (Å²) in [5.74, 6) is 0.656. The van der Waals surface area contributed by atoms with E-state index in [4.69, 9.17) is 4.74 Å². The van der Waals surface area contributed by atoms with E-state index in [0.29, 0.717) is 5.75 Å². The van der Waals surface area contributed by atoms with Gasteiger partial charge in [-0.3, -0.25) is 4.79 Å². The molecule has 0 saturated heterocycles. The van der Waals surface area contributed by atoms with E-state index in [1.807, 2.05) is 44.2 Å². The molecular weight excluding hydrogens is 288 g/mol. The predicted molar refractivity (Wildman–Crippen MR) is 93.3 cm³/mol. The Kier molecular flexibility index (Phi) is 4.24. The van der Waals surface area contributed by atoms with Gasteiger partial charge < -0.3 is 15.0 Å². The molecule has 1 atom stereocenters. The van der Waals surface area contributed by atoms with Crippen molar-refractivity contribution in [1.29, 1.82) is 0 Å². The molecule has 0 radical (unpaired) electrons. The maximum absolute atomic E-state index is 12.7. The largest absolute Gasteiger partial charge is 0.495 e. The summed E-state index contributed by atoms with van der Waals surface area (Å²) in [6.45, 7) is 4.81. The van der Waals surface area contributed by atoms with Crippen LogP contribution in [0.5, 0.6) is 5.75 Å². The molecule has 2 aromatic carbocycles. The molecule has 0 unspecified atom stereocenters. The van der Waals surface area contributed by atoms with Crippen LogP contribution in [0.1, 0.15) is 18.1 Å². The summed E-state index contributed by atoms with van der Waals surface area (Å²) in [6.07, 6.45) is 0.988. The molecule has 4 nitrogen and oxygen atoms in total. The lowest BCUT2D eigenvalue weighted by Gasteiger charge is -2.26. The SMILES string of the molecule is COc1ccc(C)cc1NC(=O)[C@H](C)N1CCc2ccccc21. The quantitative estimate of drug-likeness (QED) is 0.941. The fourth-order valence-electron chi connectivity index (χ4n) is 3.06. The number of anilines is 2. The average molecular weight is 310 g/mol. The van der Waals surface area contributed by atoms with E-state index in [9.17, 15) is 4.79 Å². The summed E-state index contributed by atoms with van der Waals surface area (Å²) >= 11 is 0. The summed E-state index contributed by atoms with van der Waals surface area (Å²) in [5.41, 5.74) is 4.27. The van der Waals surface area contributed by atoms with Crippen LogP contribution in [0.2, 0.25) is 0 Å². The molecule has 0 saturated carbocycles. The molecule has 2 aromatic rings. The molecule has 0 aliphatic carbocycles. The molecule has 1 heterocycles. The van der Waals surface area contributed by atoms with Gasteiger partial charge in [-0.15, -0.1) is 0 Å². The number of para-hydroxylation sites is 1. The third-order valence-corrected chi connectivity index (χ3v) is 4.38. The molecule has 0 aromatic heterocycles. The first-order valence-electron chi connectivity index (χ1n) is 7.90. The summed E-state index contributed by atoms with van der Waals surface area (Å²) < 4.78 is 5.33. The first kappa shape index (κ1) is 15.4. The van der Waals surface area contributed by atoms with Gasteiger partial charge >= 0.3 is 0 Å². The van der Waals surface area contributed by atoms with Crippen LogP contribution in [0.25, 0.3) is 0 Å². The molecule has 0 bridgehead atoms. The maximum atomic E-state index is 12.7. The van der Waals surface area contributed by atoms with E-state index in [2.05, 4.69) is 22.3 Å². The smallest absolute Gasteiger partial charge is 0.246 e. The van der Waals surface area contributed by atoms with Crippen LogP contribution in [-0.2, 0) is 11.2 Å². The number of amides is 1. The molecule has 23 heavy (non-hydrogen) atoms. The van der Waals surface area contributed by atoms with Crippen LogP contribution < -0.4 is 15.0 Å². The highest BCUT2D eigenvalue weighted by Crippen LogP contribution is 2.30. The van der Waals surface area contributed by atoms with Gasteiger partial charge in [0.2, 0.25) is 5.91 Å². The molecule has 4 heteroatoms. The average Bonchev–Trinajstić information content (AvgIpc) is 2.98. The number of hydrogen-bond acceptors (Lipinski definition) is 3. The van der Waals surface area contributed by atoms with Crippen molar-refractivity contribution in [3.63, 3.8) is 0 Å². The minimum Gasteiger partial charge on any atom is -0.495 e. The number of nitrogens with zero attached hydrogens (tertiary/aromatic N) is 1. The van der Waals surface area contributed by atoms with Gasteiger partial charge in [0.15, 0.2) is 0 Å². The fourth-order valence-corrected chi connectivity index (χ4v) is 3.06. The van der Waals surface area contributed by atoms with Gasteiger partial charge in [-0.25, -0.2) is 0 Å². The molecular formula is C19H22N2O2. The number of carbonyl (C=O) groups is 1. The third-order valence-electron chi connectivity index (χ3n) is 4.38. The zero-order chi connectivity index (χ0) is 16.4. The molecule has 1 N–H and O–H groups in total. The Labute approximate surface area is 137 Å². The van der Waals surface area contributed by atoms with Gasteiger partial charge in [-0.1, -0.05) is 24.3 Å². The second-order valence-corrected chi connectivity index (χ2v) is 5.94. The Balaban J connectivity index is 1.78. The van der Waals surface area contributed by atoms with E-state index in [0.717, 1.165) is 29.9 Å². The summed E-state index contributed by atoms with van der Waals surface area (Å²) in [6, 6.07) is 13.8. The summed E-state index contributed by atoms with van der Waals surface area (Å²) in [4.78, 5) is 14.8. The predicted octanol–water partition coefficient (Wildman–Crippen LogP) is 3.39. The van der Waals surface area contributed by atoms with Crippen molar-refractivity contribution >= 4 is 17.3 Å². The molecule has 3 rings (SSSR count). The van der Waals surface area contributed by atoms with Gasteiger partial charge in [-0.2, -0.15) is 0 Å². The van der Waals surface area contributed by atoms with Gasteiger partial charge in [0.05, 0.1) is 12.8 Å². The number of rotatable bonds is 4. The van der Waals surface area contributed by atoms with Crippen molar-refractivity contribution in [2.45, 2.75) is 26.3 Å². The standard InChI is InChI=1S/C19H22N2O2/c1-13-8-9-18(23-3)16(12-13)20-19(22)14(2)21-11-10-15-6-4-5-7-17(15)21/h4-9,12,14H,10-11H2,1-3H3,(H,20,22)/t14-/m0/s1. The monoisotopic (exact) mass is 310 g/mol. The van der Waals surface area contributed by atoms with E-state index in [1.165, 1.54) is 5.56 Å². The lowest BCUT2D eigenvalue weighted by molar-refractivity contribution is -0.117. The molecule has 0 spiro atoms. The van der Waals surface area contributed by atoms with Gasteiger partial charge in [0, 0.05) is 12.2 Å². The van der Waals surface area contributed by atoms with Crippen LogP contribution in [0, 0.1) is 6.92 Å². The minimum atomic E-state index is -0.233. The normalized spacial score (nSPS) is 14.3. The van der Waals surface area contributed by atoms with Crippen LogP contribution in [-0.4, -0.2) is 25.6 Å². The van der Waals surface area contributed by atoms with Crippen molar-refractivity contribution < 1.29 is 9.53 Å². The second-order valence-electron chi connectivity index (χ2n) is 5.94. The second kappa shape index (κ2) is 6.32. The molecule has 1 aliphatic rings. The summed E-state index contributed by atoms with van der Waals surface area (Å²) in [7, 11) is 1.61. The lowest BCUT2D eigenvalue weighted by atomic mass is 10.1. The van der Waals surface area contributed by atoms with E-state index < -0.39 is 0 Å². The molecule has 1 aliphatic heterocycles. The van der Waals surface area contributed by atoms with Gasteiger partial charge in [0.1, 0.15) is 11.8 Å². The highest BCUT2D eigenvalue weighted by atomic mass is 16.5. The first-order chi connectivity index (χ1) is 11.1. The maximum Gasteiger partial charge on any atom is 0.246 e. The van der Waals surface area contributed by atoms with Gasteiger partial charge in [0.25, 0.3) is 0 Å². The highest BCUT2D eigenvalue weighted by Gasteiger charge is 2.27. The van der Waals surface area contributed by atoms with Crippen molar-refractivity contribution in [2.24, 2.45) is 0 Å². The fraction of sp³-hybridized carbons (Fsp3) is 0.316. The Morgan fingerprint density at radius 1 is 1.26 bits per heavy atom. The Morgan fingerprint density at radius 2 is 2.04 bits per heavy atom. The van der Waals surface area contributed by atoms with Crippen LogP contribution in [0.15, 0.2) is 42.5 Å². The van der Waals surface area contributed by atoms with Crippen molar-refractivity contribution in [2.75, 3.05) is 23.9 Å². The van der Waals surface area contributed by atoms with Gasteiger partial charge in [-0.05, 0) is 49.6 Å². The molecule has 120 valence electrons. The summed E-state index contributed by atoms with van der Waals surface area (Å²) in [5, 5.41) is 3.00. The van der Waals surface area contributed by atoms with Crippen molar-refractivity contribution in [1.82, 2.24) is 0 Å². The Morgan fingerprint density at radius 3 is 2.83 bits per heavy atom. The minimum absolute atomic E-state index is 0.0226. The Bertz CT molecular complexity index is 727. The van der Waals surface area contributed by atoms with Crippen molar-refractivity contribution in [3.05, 3.63) is 53.6 Å². The third kappa shape index (κ3) is 3.02. The first-order valence-corrected chi connectivity index (χ1v) is 7.90. The number of carbonyl (C=O) groups excluding carboxylic acids is 1. The Hall–Kier alpha value is -2.49. The number of aryl methyl sites for hydroxylation is 1. The van der Waals surface area contributed by atoms with E-state index in [1.54, 1.807) is 7.11 Å².